The Morgan fingerprint density at radius 1 is 0.909 bits per heavy atom. The molecule has 112 valence electrons. The van der Waals surface area contributed by atoms with E-state index in [2.05, 4.69) is 61.2 Å². The molecule has 1 heteroatoms. The third kappa shape index (κ3) is 2.93. The number of halogens is 1. The lowest BCUT2D eigenvalue weighted by Gasteiger charge is -2.11. The zero-order valence-electron chi connectivity index (χ0n) is 13.4. The van der Waals surface area contributed by atoms with Crippen LogP contribution >= 0.6 is 11.6 Å². The molecule has 3 rings (SSSR count). The first-order valence-electron chi connectivity index (χ1n) is 7.64. The van der Waals surface area contributed by atoms with Crippen molar-refractivity contribution in [3.8, 4) is 0 Å². The van der Waals surface area contributed by atoms with Crippen LogP contribution in [0, 0.1) is 0 Å². The summed E-state index contributed by atoms with van der Waals surface area (Å²) >= 11 is 6.13. The van der Waals surface area contributed by atoms with E-state index in [1.54, 1.807) is 0 Å². The lowest BCUT2D eigenvalue weighted by atomic mass is 9.94. The Balaban J connectivity index is 0.000000847. The normalized spacial score (nSPS) is 10.7. The summed E-state index contributed by atoms with van der Waals surface area (Å²) in [4.78, 5) is 0. The number of allylic oxidation sites excluding steroid dienone is 1. The molecule has 0 aromatic heterocycles. The molecule has 0 saturated heterocycles. The van der Waals surface area contributed by atoms with Gasteiger partial charge in [-0.2, -0.15) is 0 Å². The number of hydrogen-bond donors (Lipinski definition) is 0. The van der Waals surface area contributed by atoms with Crippen LogP contribution in [0.4, 0.5) is 0 Å². The van der Waals surface area contributed by atoms with E-state index in [0.717, 1.165) is 11.1 Å². The highest BCUT2D eigenvalue weighted by Gasteiger charge is 2.08. The van der Waals surface area contributed by atoms with Crippen molar-refractivity contribution in [2.45, 2.75) is 20.8 Å². The van der Waals surface area contributed by atoms with Gasteiger partial charge in [-0.25, -0.2) is 0 Å². The van der Waals surface area contributed by atoms with E-state index in [0.29, 0.717) is 5.03 Å². The molecule has 0 radical (unpaired) electrons. The number of rotatable bonds is 2. The smallest absolute Gasteiger partial charge is 0.0412 e. The number of fused-ring (bicyclic) bond motifs is 3. The van der Waals surface area contributed by atoms with Gasteiger partial charge in [0, 0.05) is 10.6 Å². The molecule has 0 aliphatic heterocycles. The van der Waals surface area contributed by atoms with Gasteiger partial charge in [-0.1, -0.05) is 92.7 Å². The molecule has 0 spiro atoms. The van der Waals surface area contributed by atoms with E-state index in [-0.39, 0.29) is 0 Å². The standard InChI is InChI=1S/C19H15Cl.C2H6/c1-3-6-17-15(13(2)20)11-12-18-16-8-5-4-7-14(16)9-10-19(17)18;1-2/h3-12H,2H2,1H3;1-2H3/b6-3-;. The van der Waals surface area contributed by atoms with Crippen molar-refractivity contribution in [3.63, 3.8) is 0 Å². The second-order valence-corrected chi connectivity index (χ2v) is 5.27. The Morgan fingerprint density at radius 2 is 1.59 bits per heavy atom. The Bertz CT molecular complexity index is 841. The van der Waals surface area contributed by atoms with E-state index in [9.17, 15) is 0 Å². The molecular weight excluding hydrogens is 288 g/mol. The average Bonchev–Trinajstić information content (AvgIpc) is 2.56. The van der Waals surface area contributed by atoms with Crippen LogP contribution in [-0.4, -0.2) is 0 Å². The molecule has 0 amide bonds. The van der Waals surface area contributed by atoms with Crippen molar-refractivity contribution in [2.75, 3.05) is 0 Å². The van der Waals surface area contributed by atoms with Crippen molar-refractivity contribution >= 4 is 44.3 Å². The first-order chi connectivity index (χ1) is 10.7. The highest BCUT2D eigenvalue weighted by molar-refractivity contribution is 6.48. The van der Waals surface area contributed by atoms with Crippen molar-refractivity contribution < 1.29 is 0 Å². The van der Waals surface area contributed by atoms with Crippen molar-refractivity contribution in [1.82, 2.24) is 0 Å². The van der Waals surface area contributed by atoms with Gasteiger partial charge in [0.05, 0.1) is 0 Å². The highest BCUT2D eigenvalue weighted by Crippen LogP contribution is 2.33. The van der Waals surface area contributed by atoms with Gasteiger partial charge >= 0.3 is 0 Å². The summed E-state index contributed by atoms with van der Waals surface area (Å²) in [6.07, 6.45) is 4.13. The predicted octanol–water partition coefficient (Wildman–Crippen LogP) is 7.26. The maximum Gasteiger partial charge on any atom is 0.0412 e. The molecule has 0 saturated carbocycles. The molecule has 0 N–H and O–H groups in total. The monoisotopic (exact) mass is 308 g/mol. The van der Waals surface area contributed by atoms with E-state index in [1.165, 1.54) is 21.5 Å². The number of benzene rings is 3. The van der Waals surface area contributed by atoms with Crippen LogP contribution in [0.3, 0.4) is 0 Å². The molecule has 0 nitrogen and oxygen atoms in total. The summed E-state index contributed by atoms with van der Waals surface area (Å²) in [5, 5.41) is 5.55. The zero-order chi connectivity index (χ0) is 16.1. The summed E-state index contributed by atoms with van der Waals surface area (Å²) in [5.74, 6) is 0. The summed E-state index contributed by atoms with van der Waals surface area (Å²) in [6, 6.07) is 16.9. The first-order valence-corrected chi connectivity index (χ1v) is 8.02. The van der Waals surface area contributed by atoms with Gasteiger partial charge in [-0.3, -0.25) is 0 Å². The maximum atomic E-state index is 6.13. The van der Waals surface area contributed by atoms with Gasteiger partial charge in [0.25, 0.3) is 0 Å². The summed E-state index contributed by atoms with van der Waals surface area (Å²) < 4.78 is 0. The second kappa shape index (κ2) is 7.29. The Labute approximate surface area is 137 Å². The lowest BCUT2D eigenvalue weighted by molar-refractivity contribution is 1.50. The Hall–Kier alpha value is -2.05. The molecular formula is C21H21Cl. The van der Waals surface area contributed by atoms with Gasteiger partial charge in [-0.15, -0.1) is 0 Å². The predicted molar refractivity (Wildman–Crippen MR) is 102 cm³/mol. The van der Waals surface area contributed by atoms with Gasteiger partial charge in [0.15, 0.2) is 0 Å². The van der Waals surface area contributed by atoms with Crippen molar-refractivity contribution in [3.05, 3.63) is 72.3 Å². The third-order valence-corrected chi connectivity index (χ3v) is 3.80. The van der Waals surface area contributed by atoms with Gasteiger partial charge in [-0.05, 0) is 34.0 Å². The van der Waals surface area contributed by atoms with Crippen LogP contribution in [-0.2, 0) is 0 Å². The van der Waals surface area contributed by atoms with Crippen LogP contribution in [0.25, 0.3) is 32.7 Å². The van der Waals surface area contributed by atoms with E-state index in [4.69, 9.17) is 11.6 Å². The summed E-state index contributed by atoms with van der Waals surface area (Å²) in [7, 11) is 0. The van der Waals surface area contributed by atoms with Crippen LogP contribution in [0.1, 0.15) is 31.9 Å². The molecule has 0 aliphatic carbocycles. The molecule has 0 aliphatic rings. The Kier molecular flexibility index (Phi) is 5.41. The minimum atomic E-state index is 0.577. The fourth-order valence-electron chi connectivity index (χ4n) is 2.69. The van der Waals surface area contributed by atoms with E-state index in [1.807, 2.05) is 26.8 Å². The van der Waals surface area contributed by atoms with Crippen LogP contribution in [0.5, 0.6) is 0 Å². The molecule has 22 heavy (non-hydrogen) atoms. The van der Waals surface area contributed by atoms with Crippen LogP contribution in [0.15, 0.2) is 61.2 Å². The van der Waals surface area contributed by atoms with Crippen LogP contribution in [0.2, 0.25) is 0 Å². The molecule has 0 unspecified atom stereocenters. The summed E-state index contributed by atoms with van der Waals surface area (Å²) in [5.41, 5.74) is 2.13. The quantitative estimate of drug-likeness (QED) is 0.437. The van der Waals surface area contributed by atoms with E-state index < -0.39 is 0 Å². The largest absolute Gasteiger partial charge is 0.0870 e. The topological polar surface area (TPSA) is 0 Å². The van der Waals surface area contributed by atoms with Gasteiger partial charge in [0.2, 0.25) is 0 Å². The molecule has 3 aromatic carbocycles. The van der Waals surface area contributed by atoms with E-state index >= 15 is 0 Å². The average molecular weight is 309 g/mol. The van der Waals surface area contributed by atoms with Crippen LogP contribution < -0.4 is 0 Å². The van der Waals surface area contributed by atoms with Crippen molar-refractivity contribution in [2.24, 2.45) is 0 Å². The molecule has 0 atom stereocenters. The maximum absolute atomic E-state index is 6.13. The fraction of sp³-hybridized carbons (Fsp3) is 0.143. The zero-order valence-corrected chi connectivity index (χ0v) is 14.1. The lowest BCUT2D eigenvalue weighted by Crippen LogP contribution is -1.87. The molecule has 0 fully saturated rings. The van der Waals surface area contributed by atoms with Gasteiger partial charge < -0.3 is 0 Å². The molecule has 3 aromatic rings. The highest BCUT2D eigenvalue weighted by atomic mass is 35.5. The number of hydrogen-bond acceptors (Lipinski definition) is 0. The second-order valence-electron chi connectivity index (χ2n) is 4.81. The van der Waals surface area contributed by atoms with Crippen molar-refractivity contribution in [1.29, 1.82) is 0 Å². The summed E-state index contributed by atoms with van der Waals surface area (Å²) in [6.45, 7) is 9.88. The molecule has 0 bridgehead atoms. The SMILES string of the molecule is C=C(Cl)c1ccc2c(ccc3ccccc32)c1/C=C\C.CC. The minimum absolute atomic E-state index is 0.577. The molecule has 0 heterocycles. The Morgan fingerprint density at radius 3 is 2.27 bits per heavy atom. The minimum Gasteiger partial charge on any atom is -0.0870 e. The van der Waals surface area contributed by atoms with Gasteiger partial charge in [0.1, 0.15) is 0 Å². The third-order valence-electron chi connectivity index (χ3n) is 3.59. The fourth-order valence-corrected chi connectivity index (χ4v) is 2.86. The first kappa shape index (κ1) is 16.3.